The molecule has 0 aromatic heterocycles. The second-order valence-electron chi connectivity index (χ2n) is 6.65. The van der Waals surface area contributed by atoms with E-state index in [0.29, 0.717) is 16.9 Å². The number of hydrogen-bond acceptors (Lipinski definition) is 5. The summed E-state index contributed by atoms with van der Waals surface area (Å²) in [6, 6.07) is 8.67. The van der Waals surface area contributed by atoms with Gasteiger partial charge in [-0.05, 0) is 61.9 Å². The molecule has 0 aliphatic heterocycles. The van der Waals surface area contributed by atoms with Crippen molar-refractivity contribution in [3.63, 3.8) is 0 Å². The molecular formula is C19H20ClFN2O5S. The second-order valence-corrected chi connectivity index (χ2v) is 8.91. The van der Waals surface area contributed by atoms with Crippen LogP contribution in [0.5, 0.6) is 0 Å². The van der Waals surface area contributed by atoms with E-state index in [1.807, 2.05) is 0 Å². The number of carbonyl (C=O) groups excluding carboxylic acids is 2. The van der Waals surface area contributed by atoms with E-state index in [2.05, 4.69) is 10.6 Å². The zero-order valence-electron chi connectivity index (χ0n) is 15.7. The Morgan fingerprint density at radius 2 is 1.76 bits per heavy atom. The number of alkyl halides is 1. The number of aliphatic hydroxyl groups is 1. The first-order valence-electron chi connectivity index (χ1n) is 8.43. The molecule has 0 fully saturated rings. The van der Waals surface area contributed by atoms with Crippen LogP contribution in [-0.2, 0) is 19.4 Å². The molecule has 0 aliphatic carbocycles. The third-order valence-corrected chi connectivity index (χ3v) is 6.19. The maximum atomic E-state index is 13.0. The van der Waals surface area contributed by atoms with Crippen molar-refractivity contribution in [2.24, 2.45) is 0 Å². The lowest BCUT2D eigenvalue weighted by Gasteiger charge is -2.22. The Hall–Kier alpha value is -2.49. The number of halogens is 2. The minimum atomic E-state index is -4.04. The highest BCUT2D eigenvalue weighted by molar-refractivity contribution is 7.91. The number of amides is 2. The van der Waals surface area contributed by atoms with Crippen molar-refractivity contribution in [2.75, 3.05) is 22.3 Å². The van der Waals surface area contributed by atoms with Crippen molar-refractivity contribution in [1.29, 1.82) is 0 Å². The number of sulfone groups is 1. The van der Waals surface area contributed by atoms with Gasteiger partial charge in [0.2, 0.25) is 5.91 Å². The van der Waals surface area contributed by atoms with Crippen LogP contribution in [0.4, 0.5) is 15.8 Å². The van der Waals surface area contributed by atoms with Gasteiger partial charge in [0.15, 0.2) is 15.4 Å². The third-order valence-electron chi connectivity index (χ3n) is 4.01. The lowest BCUT2D eigenvalue weighted by molar-refractivity contribution is -0.130. The number of carbonyl (C=O) groups is 2. The number of aryl methyl sites for hydroxylation is 1. The molecule has 2 rings (SSSR count). The zero-order chi connectivity index (χ0) is 21.8. The van der Waals surface area contributed by atoms with Gasteiger partial charge in [0, 0.05) is 11.4 Å². The van der Waals surface area contributed by atoms with Crippen LogP contribution >= 0.6 is 11.6 Å². The topological polar surface area (TPSA) is 113 Å². The maximum Gasteiger partial charge on any atom is 0.257 e. The van der Waals surface area contributed by atoms with Crippen LogP contribution in [0.3, 0.4) is 0 Å². The molecule has 1 atom stereocenters. The minimum absolute atomic E-state index is 0.205. The summed E-state index contributed by atoms with van der Waals surface area (Å²) in [6.45, 7) is 2.77. The Labute approximate surface area is 172 Å². The predicted molar refractivity (Wildman–Crippen MR) is 108 cm³/mol. The Kier molecular flexibility index (Phi) is 6.99. The van der Waals surface area contributed by atoms with Gasteiger partial charge in [0.25, 0.3) is 5.91 Å². The number of anilines is 2. The summed E-state index contributed by atoms with van der Waals surface area (Å²) in [7, 11) is -4.04. The standard InChI is InChI=1S/C19H20ClFN2O5S/c1-12-9-14(5-8-16(12)23-17(24)10-20)22-18(25)19(2,26)11-29(27,28)15-6-3-13(21)4-7-15/h3-9,26H,10-11H2,1-2H3,(H,22,25)(H,23,24)/t19-/m0/s1. The normalized spacial score (nSPS) is 13.4. The van der Waals surface area contributed by atoms with Crippen LogP contribution in [0.15, 0.2) is 47.4 Å². The van der Waals surface area contributed by atoms with Gasteiger partial charge in [-0.25, -0.2) is 12.8 Å². The molecule has 10 heteroatoms. The van der Waals surface area contributed by atoms with Gasteiger partial charge in [-0.15, -0.1) is 11.6 Å². The summed E-state index contributed by atoms with van der Waals surface area (Å²) in [4.78, 5) is 23.6. The summed E-state index contributed by atoms with van der Waals surface area (Å²) in [6.07, 6.45) is 0. The number of hydrogen-bond donors (Lipinski definition) is 3. The molecule has 0 saturated heterocycles. The summed E-state index contributed by atoms with van der Waals surface area (Å²) in [5.74, 6) is -3.01. The molecule has 2 amide bonds. The summed E-state index contributed by atoms with van der Waals surface area (Å²) in [5.41, 5.74) is -0.818. The van der Waals surface area contributed by atoms with Gasteiger partial charge in [-0.1, -0.05) is 0 Å². The van der Waals surface area contributed by atoms with Gasteiger partial charge < -0.3 is 15.7 Å². The van der Waals surface area contributed by atoms with E-state index in [1.165, 1.54) is 6.07 Å². The van der Waals surface area contributed by atoms with E-state index in [0.717, 1.165) is 31.2 Å². The highest BCUT2D eigenvalue weighted by Gasteiger charge is 2.36. The molecule has 0 saturated carbocycles. The van der Waals surface area contributed by atoms with Crippen LogP contribution < -0.4 is 10.6 Å². The molecule has 0 heterocycles. The van der Waals surface area contributed by atoms with Gasteiger partial charge in [-0.3, -0.25) is 9.59 Å². The Balaban J connectivity index is 2.13. The molecule has 0 aliphatic rings. The van der Waals surface area contributed by atoms with E-state index >= 15 is 0 Å². The van der Waals surface area contributed by atoms with Crippen molar-refractivity contribution in [3.05, 3.63) is 53.8 Å². The van der Waals surface area contributed by atoms with E-state index < -0.39 is 32.9 Å². The SMILES string of the molecule is Cc1cc(NC(=O)[C@@](C)(O)CS(=O)(=O)c2ccc(F)cc2)ccc1NC(=O)CCl. The van der Waals surface area contributed by atoms with Gasteiger partial charge in [0.1, 0.15) is 11.7 Å². The summed E-state index contributed by atoms with van der Waals surface area (Å²) in [5, 5.41) is 15.5. The summed E-state index contributed by atoms with van der Waals surface area (Å²) >= 11 is 5.44. The highest BCUT2D eigenvalue weighted by atomic mass is 35.5. The Morgan fingerprint density at radius 3 is 2.31 bits per heavy atom. The number of benzene rings is 2. The van der Waals surface area contributed by atoms with E-state index in [9.17, 15) is 27.5 Å². The fourth-order valence-electron chi connectivity index (χ4n) is 2.49. The predicted octanol–water partition coefficient (Wildman–Crippen LogP) is 2.47. The van der Waals surface area contributed by atoms with Crippen LogP contribution in [0, 0.1) is 12.7 Å². The molecule has 3 N–H and O–H groups in total. The maximum absolute atomic E-state index is 13.0. The third kappa shape index (κ3) is 5.99. The van der Waals surface area contributed by atoms with Crippen LogP contribution in [0.1, 0.15) is 12.5 Å². The van der Waals surface area contributed by atoms with Crippen molar-refractivity contribution in [2.45, 2.75) is 24.3 Å². The van der Waals surface area contributed by atoms with Gasteiger partial charge in [-0.2, -0.15) is 0 Å². The highest BCUT2D eigenvalue weighted by Crippen LogP contribution is 2.22. The Morgan fingerprint density at radius 1 is 1.14 bits per heavy atom. The first-order valence-corrected chi connectivity index (χ1v) is 10.6. The molecule has 0 unspecified atom stereocenters. The van der Waals surface area contributed by atoms with E-state index in [-0.39, 0.29) is 16.7 Å². The van der Waals surface area contributed by atoms with Crippen molar-refractivity contribution < 1.29 is 27.5 Å². The van der Waals surface area contributed by atoms with Crippen LogP contribution in [0.25, 0.3) is 0 Å². The molecule has 2 aromatic carbocycles. The smallest absolute Gasteiger partial charge is 0.257 e. The van der Waals surface area contributed by atoms with E-state index in [1.54, 1.807) is 19.1 Å². The molecule has 0 radical (unpaired) electrons. The molecule has 29 heavy (non-hydrogen) atoms. The van der Waals surface area contributed by atoms with Gasteiger partial charge >= 0.3 is 0 Å². The van der Waals surface area contributed by atoms with Crippen LogP contribution in [0.2, 0.25) is 0 Å². The lowest BCUT2D eigenvalue weighted by atomic mass is 10.1. The van der Waals surface area contributed by atoms with Gasteiger partial charge in [0.05, 0.1) is 10.6 Å². The van der Waals surface area contributed by atoms with Crippen molar-refractivity contribution in [3.8, 4) is 0 Å². The molecule has 0 bridgehead atoms. The first-order chi connectivity index (χ1) is 13.4. The van der Waals surface area contributed by atoms with Crippen molar-refractivity contribution in [1.82, 2.24) is 0 Å². The average molecular weight is 443 g/mol. The van der Waals surface area contributed by atoms with Crippen LogP contribution in [-0.4, -0.2) is 42.6 Å². The quantitative estimate of drug-likeness (QED) is 0.450. The lowest BCUT2D eigenvalue weighted by Crippen LogP contribution is -2.45. The monoisotopic (exact) mass is 442 g/mol. The Bertz CT molecular complexity index is 1020. The average Bonchev–Trinajstić information content (AvgIpc) is 2.63. The number of rotatable bonds is 7. The summed E-state index contributed by atoms with van der Waals surface area (Å²) < 4.78 is 37.9. The fraction of sp³-hybridized carbons (Fsp3) is 0.263. The fourth-order valence-corrected chi connectivity index (χ4v) is 4.15. The largest absolute Gasteiger partial charge is 0.379 e. The van der Waals surface area contributed by atoms with Crippen molar-refractivity contribution >= 4 is 44.6 Å². The first kappa shape index (κ1) is 22.8. The molecule has 0 spiro atoms. The molecule has 7 nitrogen and oxygen atoms in total. The molecular weight excluding hydrogens is 423 g/mol. The molecule has 156 valence electrons. The number of nitrogens with one attached hydrogen (secondary N) is 2. The second kappa shape index (κ2) is 8.89. The zero-order valence-corrected chi connectivity index (χ0v) is 17.3. The van der Waals surface area contributed by atoms with E-state index in [4.69, 9.17) is 11.6 Å². The molecule has 2 aromatic rings. The minimum Gasteiger partial charge on any atom is -0.379 e.